The van der Waals surface area contributed by atoms with Gasteiger partial charge in [0.15, 0.2) is 0 Å². The molecule has 2 unspecified atom stereocenters. The number of rotatable bonds is 3. The van der Waals surface area contributed by atoms with Gasteiger partial charge in [0.1, 0.15) is 12.2 Å². The van der Waals surface area contributed by atoms with Crippen molar-refractivity contribution in [2.45, 2.75) is 12.2 Å². The number of carbonyl (C=O) groups excluding carboxylic acids is 1. The molecule has 0 radical (unpaired) electrons. The number of likely N-dealkylation sites (tertiary alicyclic amines) is 1. The second-order valence-electron chi connectivity index (χ2n) is 3.49. The largest absolute Gasteiger partial charge is 0.377 e. The Morgan fingerprint density at radius 1 is 1.38 bits per heavy atom. The maximum Gasteiger partial charge on any atom is 0.295 e. The number of methoxy groups -OCH3 is 2. The van der Waals surface area contributed by atoms with Gasteiger partial charge in [-0.2, -0.15) is 5.21 Å². The molecule has 0 aromatic carbocycles. The molecule has 1 saturated heterocycles. The molecule has 88 valence electrons. The SMILES string of the molecule is COC1CN(C(=O)c2nn[nH]n2)CC1OC. The number of hydrogen-bond donors (Lipinski definition) is 1. The molecule has 1 aliphatic heterocycles. The number of H-pyrrole nitrogens is 1. The molecule has 1 aliphatic rings. The number of aromatic nitrogens is 4. The summed E-state index contributed by atoms with van der Waals surface area (Å²) in [6.45, 7) is 0.949. The van der Waals surface area contributed by atoms with Crippen LogP contribution in [0.25, 0.3) is 0 Å². The van der Waals surface area contributed by atoms with E-state index in [1.807, 2.05) is 0 Å². The third kappa shape index (κ3) is 1.89. The van der Waals surface area contributed by atoms with Crippen LogP contribution in [0.5, 0.6) is 0 Å². The first-order chi connectivity index (χ1) is 7.76. The Labute approximate surface area is 91.9 Å². The lowest BCUT2D eigenvalue weighted by atomic mass is 10.3. The number of tetrazole rings is 1. The molecule has 0 spiro atoms. The van der Waals surface area contributed by atoms with Gasteiger partial charge in [0, 0.05) is 27.3 Å². The van der Waals surface area contributed by atoms with Crippen molar-refractivity contribution in [3.8, 4) is 0 Å². The molecule has 0 bridgehead atoms. The molecule has 1 aromatic heterocycles. The van der Waals surface area contributed by atoms with Gasteiger partial charge in [0.2, 0.25) is 0 Å². The van der Waals surface area contributed by atoms with Crippen molar-refractivity contribution in [2.24, 2.45) is 0 Å². The molecular formula is C8H13N5O3. The summed E-state index contributed by atoms with van der Waals surface area (Å²) in [5.41, 5.74) is 0. The molecule has 1 amide bonds. The fourth-order valence-corrected chi connectivity index (χ4v) is 1.76. The molecule has 1 fully saturated rings. The van der Waals surface area contributed by atoms with Gasteiger partial charge >= 0.3 is 0 Å². The zero-order chi connectivity index (χ0) is 11.5. The van der Waals surface area contributed by atoms with Crippen molar-refractivity contribution in [3.05, 3.63) is 5.82 Å². The minimum Gasteiger partial charge on any atom is -0.377 e. The van der Waals surface area contributed by atoms with Crippen LogP contribution in [0.4, 0.5) is 0 Å². The molecule has 1 N–H and O–H groups in total. The van der Waals surface area contributed by atoms with Crippen LogP contribution in [0.15, 0.2) is 0 Å². The summed E-state index contributed by atoms with van der Waals surface area (Å²) < 4.78 is 10.5. The standard InChI is InChI=1S/C8H13N5O3/c1-15-5-3-13(4-6(5)16-2)8(14)7-9-11-12-10-7/h5-6H,3-4H2,1-2H3,(H,9,10,11,12). The monoisotopic (exact) mass is 227 g/mol. The first-order valence-electron chi connectivity index (χ1n) is 4.84. The average Bonchev–Trinajstić information content (AvgIpc) is 2.96. The third-order valence-corrected chi connectivity index (χ3v) is 2.64. The zero-order valence-corrected chi connectivity index (χ0v) is 9.08. The van der Waals surface area contributed by atoms with E-state index in [1.54, 1.807) is 19.1 Å². The van der Waals surface area contributed by atoms with E-state index < -0.39 is 0 Å². The molecular weight excluding hydrogens is 214 g/mol. The van der Waals surface area contributed by atoms with Crippen molar-refractivity contribution in [1.82, 2.24) is 25.5 Å². The van der Waals surface area contributed by atoms with Gasteiger partial charge in [0.25, 0.3) is 11.7 Å². The minimum atomic E-state index is -0.268. The third-order valence-electron chi connectivity index (χ3n) is 2.64. The molecule has 2 atom stereocenters. The van der Waals surface area contributed by atoms with Gasteiger partial charge in [0.05, 0.1) is 0 Å². The Morgan fingerprint density at radius 3 is 2.44 bits per heavy atom. The average molecular weight is 227 g/mol. The smallest absolute Gasteiger partial charge is 0.295 e. The van der Waals surface area contributed by atoms with E-state index in [9.17, 15) is 4.79 Å². The summed E-state index contributed by atoms with van der Waals surface area (Å²) in [6, 6.07) is 0. The molecule has 0 saturated carbocycles. The van der Waals surface area contributed by atoms with Crippen LogP contribution in [-0.2, 0) is 9.47 Å². The van der Waals surface area contributed by atoms with Gasteiger partial charge < -0.3 is 14.4 Å². The van der Waals surface area contributed by atoms with Gasteiger partial charge in [-0.1, -0.05) is 0 Å². The molecule has 0 aliphatic carbocycles. The lowest BCUT2D eigenvalue weighted by Gasteiger charge is -2.13. The van der Waals surface area contributed by atoms with Crippen LogP contribution >= 0.6 is 0 Å². The first-order valence-corrected chi connectivity index (χ1v) is 4.84. The van der Waals surface area contributed by atoms with E-state index in [2.05, 4.69) is 20.6 Å². The van der Waals surface area contributed by atoms with E-state index in [0.29, 0.717) is 13.1 Å². The minimum absolute atomic E-state index is 0.0617. The number of nitrogens with zero attached hydrogens (tertiary/aromatic N) is 4. The number of carbonyl (C=O) groups is 1. The van der Waals surface area contributed by atoms with Gasteiger partial charge in [-0.15, -0.1) is 10.2 Å². The van der Waals surface area contributed by atoms with E-state index in [4.69, 9.17) is 9.47 Å². The summed E-state index contributed by atoms with van der Waals surface area (Å²) >= 11 is 0. The Bertz CT molecular complexity index is 343. The van der Waals surface area contributed by atoms with Crippen molar-refractivity contribution < 1.29 is 14.3 Å². The predicted molar refractivity (Wildman–Crippen MR) is 51.7 cm³/mol. The molecule has 8 heteroatoms. The van der Waals surface area contributed by atoms with Crippen molar-refractivity contribution in [2.75, 3.05) is 27.3 Å². The molecule has 2 rings (SSSR count). The summed E-state index contributed by atoms with van der Waals surface area (Å²) in [7, 11) is 3.19. The van der Waals surface area contributed by atoms with E-state index in [-0.39, 0.29) is 23.9 Å². The quantitative estimate of drug-likeness (QED) is 0.688. The Hall–Kier alpha value is -1.54. The predicted octanol–water partition coefficient (Wildman–Crippen LogP) is -1.31. The lowest BCUT2D eigenvalue weighted by molar-refractivity contribution is -0.00461. The number of hydrogen-bond acceptors (Lipinski definition) is 6. The summed E-state index contributed by atoms with van der Waals surface area (Å²) in [6.07, 6.45) is -0.221. The van der Waals surface area contributed by atoms with Gasteiger partial charge in [-0.05, 0) is 5.21 Å². The Morgan fingerprint density at radius 2 is 2.00 bits per heavy atom. The van der Waals surface area contributed by atoms with Crippen LogP contribution in [0, 0.1) is 0 Å². The number of nitrogens with one attached hydrogen (secondary N) is 1. The second-order valence-corrected chi connectivity index (χ2v) is 3.49. The van der Waals surface area contributed by atoms with Crippen LogP contribution in [0.1, 0.15) is 10.6 Å². The summed E-state index contributed by atoms with van der Waals surface area (Å²) in [4.78, 5) is 13.5. The normalized spacial score (nSPS) is 25.0. The first kappa shape index (κ1) is 11.0. The highest BCUT2D eigenvalue weighted by atomic mass is 16.5. The highest BCUT2D eigenvalue weighted by molar-refractivity contribution is 5.90. The van der Waals surface area contributed by atoms with Crippen molar-refractivity contribution in [3.63, 3.8) is 0 Å². The topological polar surface area (TPSA) is 93.2 Å². The van der Waals surface area contributed by atoms with Crippen LogP contribution in [0.3, 0.4) is 0 Å². The molecule has 16 heavy (non-hydrogen) atoms. The summed E-state index contributed by atoms with van der Waals surface area (Å²) in [5.74, 6) is -0.207. The van der Waals surface area contributed by atoms with Gasteiger partial charge in [-0.3, -0.25) is 4.79 Å². The Kier molecular flexibility index (Phi) is 3.11. The molecule has 1 aromatic rings. The maximum absolute atomic E-state index is 11.9. The van der Waals surface area contributed by atoms with Crippen LogP contribution in [-0.4, -0.2) is 70.9 Å². The lowest BCUT2D eigenvalue weighted by Crippen LogP contribution is -2.30. The second kappa shape index (κ2) is 4.54. The van der Waals surface area contributed by atoms with E-state index >= 15 is 0 Å². The highest BCUT2D eigenvalue weighted by Crippen LogP contribution is 2.16. The maximum atomic E-state index is 11.9. The fourth-order valence-electron chi connectivity index (χ4n) is 1.76. The summed E-state index contributed by atoms with van der Waals surface area (Å²) in [5, 5.41) is 12.9. The Balaban J connectivity index is 2.05. The van der Waals surface area contributed by atoms with E-state index in [0.717, 1.165) is 0 Å². The van der Waals surface area contributed by atoms with E-state index in [1.165, 1.54) is 0 Å². The zero-order valence-electron chi connectivity index (χ0n) is 9.08. The number of amides is 1. The van der Waals surface area contributed by atoms with Crippen LogP contribution < -0.4 is 0 Å². The van der Waals surface area contributed by atoms with Crippen LogP contribution in [0.2, 0.25) is 0 Å². The highest BCUT2D eigenvalue weighted by Gasteiger charge is 2.36. The molecule has 8 nitrogen and oxygen atoms in total. The fraction of sp³-hybridized carbons (Fsp3) is 0.750. The van der Waals surface area contributed by atoms with Gasteiger partial charge in [-0.25, -0.2) is 0 Å². The number of ether oxygens (including phenoxy) is 2. The van der Waals surface area contributed by atoms with Crippen molar-refractivity contribution in [1.29, 1.82) is 0 Å². The molecule has 2 heterocycles. The van der Waals surface area contributed by atoms with Crippen molar-refractivity contribution >= 4 is 5.91 Å². The number of aromatic amines is 1.